The summed E-state index contributed by atoms with van der Waals surface area (Å²) in [5, 5.41) is 10.4. The lowest BCUT2D eigenvalue weighted by atomic mass is 9.69. The number of ketones is 1. The first-order chi connectivity index (χ1) is 15.4. The van der Waals surface area contributed by atoms with E-state index < -0.39 is 17.8 Å². The van der Waals surface area contributed by atoms with Crippen molar-refractivity contribution in [1.29, 1.82) is 0 Å². The number of rotatable bonds is 6. The fourth-order valence-corrected chi connectivity index (χ4v) is 5.27. The number of allylic oxidation sites excluding steroid dienone is 1. The Balaban J connectivity index is 1.75. The van der Waals surface area contributed by atoms with Crippen molar-refractivity contribution in [3.8, 4) is 11.5 Å². The van der Waals surface area contributed by atoms with Crippen LogP contribution in [-0.2, 0) is 19.1 Å². The van der Waals surface area contributed by atoms with Gasteiger partial charge in [-0.05, 0) is 73.2 Å². The number of hydrogen-bond donors (Lipinski definition) is 1. The van der Waals surface area contributed by atoms with Gasteiger partial charge in [0.15, 0.2) is 11.5 Å². The Morgan fingerprint density at radius 1 is 1.28 bits per heavy atom. The Labute approximate surface area is 196 Å². The summed E-state index contributed by atoms with van der Waals surface area (Å²) < 4.78 is 17.3. The Hall–Kier alpha value is -2.19. The number of fused-ring (bicyclic) bond motifs is 1. The molecule has 172 valence electrons. The summed E-state index contributed by atoms with van der Waals surface area (Å²) in [4.78, 5) is 31.0. The molecule has 2 fully saturated rings. The van der Waals surface area contributed by atoms with Gasteiger partial charge in [0, 0.05) is 30.4 Å². The molecule has 0 radical (unpaired) electrons. The number of ether oxygens (including phenoxy) is 3. The number of aromatic hydroxyl groups is 1. The van der Waals surface area contributed by atoms with Crippen LogP contribution in [0, 0.1) is 5.92 Å². The fraction of sp³-hybridized carbons (Fsp3) is 0.542. The first-order valence-corrected chi connectivity index (χ1v) is 11.9. The second-order valence-corrected chi connectivity index (χ2v) is 9.25. The number of esters is 1. The highest BCUT2D eigenvalue weighted by atomic mass is 79.9. The van der Waals surface area contributed by atoms with E-state index in [-0.39, 0.29) is 24.2 Å². The molecule has 1 unspecified atom stereocenters. The number of phenolic OH excluding ortho intramolecular Hbond substituents is 1. The molecule has 0 aromatic heterocycles. The number of carbonyl (C=O) groups is 2. The predicted molar refractivity (Wildman–Crippen MR) is 122 cm³/mol. The first kappa shape index (κ1) is 23.0. The Morgan fingerprint density at radius 3 is 2.81 bits per heavy atom. The number of halogens is 1. The van der Waals surface area contributed by atoms with Crippen LogP contribution in [0.5, 0.6) is 11.5 Å². The molecule has 0 amide bonds. The lowest BCUT2D eigenvalue weighted by Crippen LogP contribution is -2.39. The van der Waals surface area contributed by atoms with Crippen molar-refractivity contribution in [3.05, 3.63) is 33.4 Å². The van der Waals surface area contributed by atoms with E-state index in [2.05, 4.69) is 20.9 Å². The van der Waals surface area contributed by atoms with Gasteiger partial charge in [-0.25, -0.2) is 4.79 Å². The molecule has 2 heterocycles. The SMILES string of the molecule is CCOc1cc([C@@H]2C(C(=O)OC[C@H]3CCCO3)=C(C)N=C3CCCC(=O)C32)cc(Br)c1O. The van der Waals surface area contributed by atoms with Gasteiger partial charge in [0.1, 0.15) is 12.4 Å². The van der Waals surface area contributed by atoms with Crippen LogP contribution in [0.3, 0.4) is 0 Å². The highest BCUT2D eigenvalue weighted by Crippen LogP contribution is 2.46. The lowest BCUT2D eigenvalue weighted by molar-refractivity contribution is -0.142. The van der Waals surface area contributed by atoms with Gasteiger partial charge in [0.25, 0.3) is 0 Å². The summed E-state index contributed by atoms with van der Waals surface area (Å²) in [6, 6.07) is 3.45. The largest absolute Gasteiger partial charge is 0.503 e. The van der Waals surface area contributed by atoms with Gasteiger partial charge in [0.05, 0.1) is 28.7 Å². The van der Waals surface area contributed by atoms with E-state index in [0.29, 0.717) is 46.7 Å². The standard InChI is InChI=1S/C24H28BrNO6/c1-3-30-19-11-14(10-16(25)23(19)28)21-20(24(29)32-12-15-6-5-9-31-15)13(2)26-17-7-4-8-18(27)22(17)21/h10-11,15,21-22,28H,3-9,12H2,1-2H3/t15-,21-,22?/m1/s1. The third-order valence-electron chi connectivity index (χ3n) is 6.26. The van der Waals surface area contributed by atoms with Gasteiger partial charge in [-0.3, -0.25) is 9.79 Å². The molecule has 0 spiro atoms. The van der Waals surface area contributed by atoms with Gasteiger partial charge in [-0.1, -0.05) is 0 Å². The van der Waals surface area contributed by atoms with Crippen LogP contribution in [0.2, 0.25) is 0 Å². The molecule has 3 aliphatic rings. The maximum atomic E-state index is 13.3. The summed E-state index contributed by atoms with van der Waals surface area (Å²) in [5.74, 6) is -1.20. The van der Waals surface area contributed by atoms with Crippen LogP contribution in [0.4, 0.5) is 0 Å². The molecule has 1 N–H and O–H groups in total. The maximum Gasteiger partial charge on any atom is 0.336 e. The van der Waals surface area contributed by atoms with E-state index >= 15 is 0 Å². The number of benzene rings is 1. The molecule has 32 heavy (non-hydrogen) atoms. The Bertz CT molecular complexity index is 979. The average molecular weight is 506 g/mol. The highest BCUT2D eigenvalue weighted by Gasteiger charge is 2.44. The molecule has 4 rings (SSSR count). The van der Waals surface area contributed by atoms with Crippen LogP contribution in [0.1, 0.15) is 57.4 Å². The zero-order valence-corrected chi connectivity index (χ0v) is 19.9. The van der Waals surface area contributed by atoms with Crippen LogP contribution < -0.4 is 4.74 Å². The molecule has 8 heteroatoms. The van der Waals surface area contributed by atoms with E-state index in [0.717, 1.165) is 31.4 Å². The number of aliphatic imine (C=N–C) groups is 1. The number of nitrogens with zero attached hydrogens (tertiary/aromatic N) is 1. The zero-order valence-electron chi connectivity index (χ0n) is 18.4. The second-order valence-electron chi connectivity index (χ2n) is 8.39. The summed E-state index contributed by atoms with van der Waals surface area (Å²) >= 11 is 3.39. The number of hydrogen-bond acceptors (Lipinski definition) is 7. The van der Waals surface area contributed by atoms with E-state index in [4.69, 9.17) is 14.2 Å². The Kier molecular flexibility index (Phi) is 7.00. The monoisotopic (exact) mass is 505 g/mol. The molecule has 7 nitrogen and oxygen atoms in total. The minimum absolute atomic E-state index is 0.0153. The number of carbonyl (C=O) groups excluding carboxylic acids is 2. The molecule has 1 aromatic carbocycles. The van der Waals surface area contributed by atoms with Crippen molar-refractivity contribution in [1.82, 2.24) is 0 Å². The molecule has 2 aliphatic heterocycles. The third-order valence-corrected chi connectivity index (χ3v) is 6.87. The average Bonchev–Trinajstić information content (AvgIpc) is 3.28. The minimum atomic E-state index is -0.552. The van der Waals surface area contributed by atoms with Gasteiger partial charge in [0.2, 0.25) is 0 Å². The first-order valence-electron chi connectivity index (χ1n) is 11.2. The van der Waals surface area contributed by atoms with Crippen molar-refractivity contribution in [2.75, 3.05) is 19.8 Å². The van der Waals surface area contributed by atoms with Crippen molar-refractivity contribution in [3.63, 3.8) is 0 Å². The summed E-state index contributed by atoms with van der Waals surface area (Å²) in [6.07, 6.45) is 3.66. The minimum Gasteiger partial charge on any atom is -0.503 e. The predicted octanol–water partition coefficient (Wildman–Crippen LogP) is 4.46. The van der Waals surface area contributed by atoms with E-state index in [1.807, 2.05) is 6.92 Å². The molecule has 1 saturated carbocycles. The molecule has 3 atom stereocenters. The molecular formula is C24H28BrNO6. The van der Waals surface area contributed by atoms with Crippen molar-refractivity contribution in [2.24, 2.45) is 10.9 Å². The van der Waals surface area contributed by atoms with Gasteiger partial charge in [-0.2, -0.15) is 0 Å². The fourth-order valence-electron chi connectivity index (χ4n) is 4.81. The third kappa shape index (κ3) is 4.48. The van der Waals surface area contributed by atoms with E-state index in [1.54, 1.807) is 19.1 Å². The molecular weight excluding hydrogens is 478 g/mol. The molecule has 1 aliphatic carbocycles. The second kappa shape index (κ2) is 9.75. The number of Topliss-reactive ketones (excluding diaryl/α,β-unsaturated/α-hetero) is 1. The van der Waals surface area contributed by atoms with Crippen molar-refractivity contribution in [2.45, 2.75) is 58.0 Å². The molecule has 1 saturated heterocycles. The Morgan fingerprint density at radius 2 is 2.09 bits per heavy atom. The van der Waals surface area contributed by atoms with Crippen molar-refractivity contribution >= 4 is 33.4 Å². The van der Waals surface area contributed by atoms with Gasteiger partial charge >= 0.3 is 5.97 Å². The van der Waals surface area contributed by atoms with E-state index in [1.165, 1.54) is 0 Å². The summed E-state index contributed by atoms with van der Waals surface area (Å²) in [5.41, 5.74) is 2.46. The quantitative estimate of drug-likeness (QED) is 0.573. The maximum absolute atomic E-state index is 13.3. The number of phenols is 1. The van der Waals surface area contributed by atoms with Crippen LogP contribution in [0.25, 0.3) is 0 Å². The van der Waals surface area contributed by atoms with E-state index in [9.17, 15) is 14.7 Å². The zero-order chi connectivity index (χ0) is 22.8. The molecule has 0 bridgehead atoms. The van der Waals surface area contributed by atoms with Crippen molar-refractivity contribution < 1.29 is 28.9 Å². The van der Waals surface area contributed by atoms with Crippen LogP contribution in [0.15, 0.2) is 32.9 Å². The van der Waals surface area contributed by atoms with Gasteiger partial charge < -0.3 is 19.3 Å². The normalized spacial score (nSPS) is 25.4. The molecule has 1 aromatic rings. The van der Waals surface area contributed by atoms with Crippen LogP contribution in [-0.4, -0.2) is 48.5 Å². The lowest BCUT2D eigenvalue weighted by Gasteiger charge is -2.36. The highest BCUT2D eigenvalue weighted by molar-refractivity contribution is 9.10. The summed E-state index contributed by atoms with van der Waals surface area (Å²) in [7, 11) is 0. The smallest absolute Gasteiger partial charge is 0.336 e. The summed E-state index contributed by atoms with van der Waals surface area (Å²) in [6.45, 7) is 4.85. The van der Waals surface area contributed by atoms with Crippen LogP contribution >= 0.6 is 15.9 Å². The topological polar surface area (TPSA) is 94.4 Å². The van der Waals surface area contributed by atoms with Gasteiger partial charge in [-0.15, -0.1) is 0 Å².